The fraction of sp³-hybridized carbons (Fsp3) is 0.269. The Balaban J connectivity index is 1.44. The molecule has 0 aliphatic carbocycles. The van der Waals surface area contributed by atoms with Crippen LogP contribution < -0.4 is 0 Å². The molecule has 5 heteroatoms. The molecule has 1 aliphatic heterocycles. The number of aliphatic hydroxyl groups excluding tert-OH is 1. The molecule has 3 aromatic carbocycles. The van der Waals surface area contributed by atoms with Gasteiger partial charge in [-0.2, -0.15) is 0 Å². The van der Waals surface area contributed by atoms with Crippen LogP contribution in [0.4, 0.5) is 0 Å². The summed E-state index contributed by atoms with van der Waals surface area (Å²) in [7, 11) is 0. The lowest BCUT2D eigenvalue weighted by Gasteiger charge is -2.27. The summed E-state index contributed by atoms with van der Waals surface area (Å²) in [6, 6.07) is 25.9. The number of hydrogen-bond acceptors (Lipinski definition) is 4. The van der Waals surface area contributed by atoms with Crippen molar-refractivity contribution >= 4 is 17.3 Å². The Kier molecular flexibility index (Phi) is 7.03. The van der Waals surface area contributed by atoms with Gasteiger partial charge in [-0.05, 0) is 35.7 Å². The molecule has 1 aliphatic rings. The van der Waals surface area contributed by atoms with Crippen molar-refractivity contribution in [3.05, 3.63) is 106 Å². The van der Waals surface area contributed by atoms with Crippen molar-refractivity contribution in [2.75, 3.05) is 13.1 Å². The summed E-state index contributed by atoms with van der Waals surface area (Å²) in [4.78, 5) is 7.98. The Hall–Kier alpha value is -2.66. The molecular formula is C26H27ClN2O2. The third-order valence-corrected chi connectivity index (χ3v) is 5.73. The highest BCUT2D eigenvalue weighted by molar-refractivity contribution is 6.30. The van der Waals surface area contributed by atoms with E-state index in [1.54, 1.807) is 0 Å². The summed E-state index contributed by atoms with van der Waals surface area (Å²) in [5.74, 6) is 0. The number of halogens is 1. The van der Waals surface area contributed by atoms with Gasteiger partial charge >= 0.3 is 0 Å². The number of rotatable bonds is 8. The Labute approximate surface area is 188 Å². The van der Waals surface area contributed by atoms with Crippen LogP contribution in [0.1, 0.15) is 34.8 Å². The molecule has 2 atom stereocenters. The van der Waals surface area contributed by atoms with Gasteiger partial charge in [0.25, 0.3) is 0 Å². The molecule has 0 saturated carbocycles. The van der Waals surface area contributed by atoms with E-state index >= 15 is 0 Å². The summed E-state index contributed by atoms with van der Waals surface area (Å²) in [5, 5.41) is 15.9. The Morgan fingerprint density at radius 1 is 1.06 bits per heavy atom. The average molecular weight is 435 g/mol. The standard InChI is InChI=1S/C26H27ClN2O2/c1-19-10-12-21(13-11-19)25-15-24(31-28-25)17-29(16-20-6-5-9-23(27)14-20)18-26(30)22-7-3-2-4-8-22/h2-14,24,26,30H,15-18H2,1H3. The molecule has 1 N–H and O–H groups in total. The second kappa shape index (κ2) is 10.1. The molecule has 0 spiro atoms. The largest absolute Gasteiger partial charge is 0.390 e. The van der Waals surface area contributed by atoms with E-state index in [1.165, 1.54) is 5.56 Å². The van der Waals surface area contributed by atoms with Gasteiger partial charge in [0, 0.05) is 31.1 Å². The minimum absolute atomic E-state index is 0.0570. The van der Waals surface area contributed by atoms with Crippen molar-refractivity contribution in [1.29, 1.82) is 0 Å². The zero-order valence-corrected chi connectivity index (χ0v) is 18.4. The first kappa shape index (κ1) is 21.6. The van der Waals surface area contributed by atoms with Crippen LogP contribution in [0.15, 0.2) is 84.0 Å². The molecular weight excluding hydrogens is 408 g/mol. The third kappa shape index (κ3) is 5.95. The molecule has 3 aromatic rings. The van der Waals surface area contributed by atoms with Crippen molar-refractivity contribution in [3.8, 4) is 0 Å². The van der Waals surface area contributed by atoms with Crippen LogP contribution in [-0.2, 0) is 11.4 Å². The van der Waals surface area contributed by atoms with Gasteiger partial charge in [-0.15, -0.1) is 0 Å². The maximum Gasteiger partial charge on any atom is 0.145 e. The minimum Gasteiger partial charge on any atom is -0.390 e. The maximum atomic E-state index is 10.8. The van der Waals surface area contributed by atoms with Crippen molar-refractivity contribution in [3.63, 3.8) is 0 Å². The summed E-state index contributed by atoms with van der Waals surface area (Å²) >= 11 is 6.19. The van der Waals surface area contributed by atoms with Gasteiger partial charge in [-0.25, -0.2) is 0 Å². The first-order valence-electron chi connectivity index (χ1n) is 10.6. The zero-order chi connectivity index (χ0) is 21.6. The topological polar surface area (TPSA) is 45.1 Å². The number of aryl methyl sites for hydroxylation is 1. The number of hydrogen-bond donors (Lipinski definition) is 1. The van der Waals surface area contributed by atoms with Gasteiger partial charge in [-0.1, -0.05) is 89.1 Å². The number of benzene rings is 3. The molecule has 0 fully saturated rings. The van der Waals surface area contributed by atoms with Crippen LogP contribution in [0.25, 0.3) is 0 Å². The molecule has 31 heavy (non-hydrogen) atoms. The van der Waals surface area contributed by atoms with E-state index in [0.717, 1.165) is 28.8 Å². The van der Waals surface area contributed by atoms with Crippen molar-refractivity contribution in [1.82, 2.24) is 4.90 Å². The van der Waals surface area contributed by atoms with Crippen LogP contribution in [-0.4, -0.2) is 34.9 Å². The van der Waals surface area contributed by atoms with Gasteiger partial charge in [0.2, 0.25) is 0 Å². The lowest BCUT2D eigenvalue weighted by Crippen LogP contribution is -2.35. The molecule has 0 amide bonds. The summed E-state index contributed by atoms with van der Waals surface area (Å²) < 4.78 is 0. The van der Waals surface area contributed by atoms with Crippen LogP contribution in [0, 0.1) is 6.92 Å². The molecule has 0 saturated heterocycles. The Morgan fingerprint density at radius 3 is 2.58 bits per heavy atom. The summed E-state index contributed by atoms with van der Waals surface area (Å²) in [6.45, 7) is 3.90. The molecule has 160 valence electrons. The third-order valence-electron chi connectivity index (χ3n) is 5.49. The van der Waals surface area contributed by atoms with E-state index in [0.29, 0.717) is 24.7 Å². The van der Waals surface area contributed by atoms with Gasteiger partial charge in [0.15, 0.2) is 0 Å². The molecule has 2 unspecified atom stereocenters. The highest BCUT2D eigenvalue weighted by atomic mass is 35.5. The normalized spacial score (nSPS) is 16.8. The number of oxime groups is 1. The van der Waals surface area contributed by atoms with Crippen molar-refractivity contribution in [2.45, 2.75) is 32.1 Å². The summed E-state index contributed by atoms with van der Waals surface area (Å²) in [5.41, 5.74) is 5.30. The van der Waals surface area contributed by atoms with Crippen LogP contribution >= 0.6 is 11.6 Å². The highest BCUT2D eigenvalue weighted by Crippen LogP contribution is 2.22. The number of aliphatic hydroxyl groups is 1. The fourth-order valence-corrected chi connectivity index (χ4v) is 4.07. The molecule has 0 aromatic heterocycles. The molecule has 4 rings (SSSR count). The van der Waals surface area contributed by atoms with Crippen molar-refractivity contribution < 1.29 is 9.94 Å². The predicted molar refractivity (Wildman–Crippen MR) is 125 cm³/mol. The van der Waals surface area contributed by atoms with E-state index in [9.17, 15) is 5.11 Å². The Bertz CT molecular complexity index is 1020. The molecule has 0 bridgehead atoms. The molecule has 0 radical (unpaired) electrons. The van der Waals surface area contributed by atoms with Gasteiger partial charge < -0.3 is 9.94 Å². The first-order valence-corrected chi connectivity index (χ1v) is 10.9. The smallest absolute Gasteiger partial charge is 0.145 e. The van der Waals surface area contributed by atoms with Gasteiger partial charge in [0.1, 0.15) is 6.10 Å². The lowest BCUT2D eigenvalue weighted by molar-refractivity contribution is 0.0318. The summed E-state index contributed by atoms with van der Waals surface area (Å²) in [6.07, 6.45) is 0.106. The van der Waals surface area contributed by atoms with E-state index in [1.807, 2.05) is 48.5 Å². The second-order valence-corrected chi connectivity index (χ2v) is 8.52. The van der Waals surface area contributed by atoms with E-state index in [4.69, 9.17) is 16.4 Å². The zero-order valence-electron chi connectivity index (χ0n) is 17.6. The van der Waals surface area contributed by atoms with E-state index in [2.05, 4.69) is 47.3 Å². The molecule has 1 heterocycles. The minimum atomic E-state index is -0.584. The van der Waals surface area contributed by atoms with Gasteiger partial charge in [-0.3, -0.25) is 4.90 Å². The van der Waals surface area contributed by atoms with E-state index in [-0.39, 0.29) is 6.10 Å². The highest BCUT2D eigenvalue weighted by Gasteiger charge is 2.26. The van der Waals surface area contributed by atoms with Crippen molar-refractivity contribution in [2.24, 2.45) is 5.16 Å². The number of nitrogens with zero attached hydrogens (tertiary/aromatic N) is 2. The average Bonchev–Trinajstić information content (AvgIpc) is 3.23. The van der Waals surface area contributed by atoms with Crippen LogP contribution in [0.2, 0.25) is 5.02 Å². The predicted octanol–water partition coefficient (Wildman–Crippen LogP) is 5.38. The van der Waals surface area contributed by atoms with E-state index < -0.39 is 6.10 Å². The maximum absolute atomic E-state index is 10.8. The second-order valence-electron chi connectivity index (χ2n) is 8.09. The Morgan fingerprint density at radius 2 is 1.84 bits per heavy atom. The van der Waals surface area contributed by atoms with Crippen LogP contribution in [0.5, 0.6) is 0 Å². The lowest BCUT2D eigenvalue weighted by atomic mass is 10.0. The van der Waals surface area contributed by atoms with Crippen LogP contribution in [0.3, 0.4) is 0 Å². The quantitative estimate of drug-likeness (QED) is 0.517. The van der Waals surface area contributed by atoms with Gasteiger partial charge in [0.05, 0.1) is 11.8 Å². The molecule has 4 nitrogen and oxygen atoms in total. The first-order chi connectivity index (χ1) is 15.1. The monoisotopic (exact) mass is 434 g/mol. The SMILES string of the molecule is Cc1ccc(C2=NOC(CN(Cc3cccc(Cl)c3)CC(O)c3ccccc3)C2)cc1. The fourth-order valence-electron chi connectivity index (χ4n) is 3.85.